The summed E-state index contributed by atoms with van der Waals surface area (Å²) in [6.45, 7) is 2.02. The van der Waals surface area contributed by atoms with Crippen molar-refractivity contribution >= 4 is 27.4 Å². The standard InChI is InChI=1S/C14H13FN4S/c1-8-6-11-13(19-16)17-12(18-14(11)20-8)7-9-2-4-10(15)5-3-9/h2-6H,7,16H2,1H3,(H,17,18,19). The van der Waals surface area contributed by atoms with Crippen molar-refractivity contribution in [3.63, 3.8) is 0 Å². The van der Waals surface area contributed by atoms with E-state index in [1.807, 2.05) is 13.0 Å². The van der Waals surface area contributed by atoms with Gasteiger partial charge >= 0.3 is 0 Å². The summed E-state index contributed by atoms with van der Waals surface area (Å²) in [5.74, 6) is 6.56. The lowest BCUT2D eigenvalue weighted by molar-refractivity contribution is 0.627. The summed E-state index contributed by atoms with van der Waals surface area (Å²) in [6.07, 6.45) is 0.543. The van der Waals surface area contributed by atoms with E-state index in [1.165, 1.54) is 12.1 Å². The van der Waals surface area contributed by atoms with E-state index >= 15 is 0 Å². The number of hydrazine groups is 1. The number of nitrogens with one attached hydrogen (secondary N) is 1. The molecule has 0 aliphatic rings. The Hall–Kier alpha value is -2.05. The highest BCUT2D eigenvalue weighted by atomic mass is 32.1. The molecule has 0 amide bonds. The van der Waals surface area contributed by atoms with Gasteiger partial charge in [0.15, 0.2) is 5.82 Å². The molecule has 3 rings (SSSR count). The largest absolute Gasteiger partial charge is 0.308 e. The number of nitrogens with two attached hydrogens (primary N) is 1. The SMILES string of the molecule is Cc1cc2c(NN)nc(Cc3ccc(F)cc3)nc2s1. The molecular formula is C14H13FN4S. The van der Waals surface area contributed by atoms with Gasteiger partial charge in [0, 0.05) is 11.3 Å². The van der Waals surface area contributed by atoms with Gasteiger partial charge in [0.25, 0.3) is 0 Å². The first kappa shape index (κ1) is 13.0. The third-order valence-electron chi connectivity index (χ3n) is 2.97. The number of nitrogens with zero attached hydrogens (tertiary/aromatic N) is 2. The van der Waals surface area contributed by atoms with E-state index in [9.17, 15) is 4.39 Å². The molecule has 102 valence electrons. The predicted molar refractivity (Wildman–Crippen MR) is 79.2 cm³/mol. The van der Waals surface area contributed by atoms with Crippen molar-refractivity contribution in [1.82, 2.24) is 9.97 Å². The summed E-state index contributed by atoms with van der Waals surface area (Å²) in [5, 5.41) is 0.929. The second-order valence-corrected chi connectivity index (χ2v) is 5.75. The van der Waals surface area contributed by atoms with Crippen LogP contribution in [0.1, 0.15) is 16.3 Å². The summed E-state index contributed by atoms with van der Waals surface area (Å²) in [5.41, 5.74) is 3.57. The number of aryl methyl sites for hydroxylation is 1. The highest BCUT2D eigenvalue weighted by molar-refractivity contribution is 7.18. The predicted octanol–water partition coefficient (Wildman–Crippen LogP) is 3.02. The second kappa shape index (κ2) is 5.15. The van der Waals surface area contributed by atoms with E-state index in [0.29, 0.717) is 18.1 Å². The molecule has 0 aliphatic carbocycles. The number of hydrogen-bond acceptors (Lipinski definition) is 5. The van der Waals surface area contributed by atoms with Crippen LogP contribution < -0.4 is 11.3 Å². The molecule has 0 spiro atoms. The minimum Gasteiger partial charge on any atom is -0.308 e. The van der Waals surface area contributed by atoms with Gasteiger partial charge < -0.3 is 5.43 Å². The number of halogens is 1. The van der Waals surface area contributed by atoms with E-state index in [0.717, 1.165) is 20.7 Å². The number of nitrogen functional groups attached to an aromatic ring is 1. The quantitative estimate of drug-likeness (QED) is 0.574. The van der Waals surface area contributed by atoms with Crippen molar-refractivity contribution in [1.29, 1.82) is 0 Å². The molecule has 20 heavy (non-hydrogen) atoms. The fourth-order valence-electron chi connectivity index (χ4n) is 2.06. The van der Waals surface area contributed by atoms with Gasteiger partial charge in [-0.3, -0.25) is 0 Å². The van der Waals surface area contributed by atoms with E-state index in [4.69, 9.17) is 5.84 Å². The average Bonchev–Trinajstić information content (AvgIpc) is 2.80. The molecule has 4 nitrogen and oxygen atoms in total. The third-order valence-corrected chi connectivity index (χ3v) is 3.92. The lowest BCUT2D eigenvalue weighted by Crippen LogP contribution is -2.10. The van der Waals surface area contributed by atoms with Crippen LogP contribution in [0.4, 0.5) is 10.2 Å². The summed E-state index contributed by atoms with van der Waals surface area (Å²) in [4.78, 5) is 11.0. The zero-order valence-corrected chi connectivity index (χ0v) is 11.7. The molecule has 3 N–H and O–H groups in total. The molecule has 0 unspecified atom stereocenters. The van der Waals surface area contributed by atoms with Crippen molar-refractivity contribution in [3.05, 3.63) is 52.4 Å². The molecule has 0 bridgehead atoms. The first-order valence-corrected chi connectivity index (χ1v) is 6.95. The average molecular weight is 288 g/mol. The van der Waals surface area contributed by atoms with Gasteiger partial charge in [-0.25, -0.2) is 20.2 Å². The van der Waals surface area contributed by atoms with Crippen LogP contribution in [0.3, 0.4) is 0 Å². The van der Waals surface area contributed by atoms with Crippen molar-refractivity contribution in [2.45, 2.75) is 13.3 Å². The maximum Gasteiger partial charge on any atom is 0.152 e. The highest BCUT2D eigenvalue weighted by Crippen LogP contribution is 2.28. The van der Waals surface area contributed by atoms with Gasteiger partial charge in [-0.2, -0.15) is 0 Å². The number of hydrogen-bond donors (Lipinski definition) is 2. The Kier molecular flexibility index (Phi) is 3.33. The lowest BCUT2D eigenvalue weighted by Gasteiger charge is -2.05. The van der Waals surface area contributed by atoms with Crippen molar-refractivity contribution < 1.29 is 4.39 Å². The van der Waals surface area contributed by atoms with Crippen LogP contribution in [-0.2, 0) is 6.42 Å². The van der Waals surface area contributed by atoms with Crippen LogP contribution >= 0.6 is 11.3 Å². The molecule has 0 saturated heterocycles. The van der Waals surface area contributed by atoms with Gasteiger partial charge in [0.1, 0.15) is 16.5 Å². The molecule has 0 atom stereocenters. The van der Waals surface area contributed by atoms with Crippen LogP contribution in [0.25, 0.3) is 10.2 Å². The minimum absolute atomic E-state index is 0.247. The monoisotopic (exact) mass is 288 g/mol. The zero-order chi connectivity index (χ0) is 14.1. The fraction of sp³-hybridized carbons (Fsp3) is 0.143. The number of fused-ring (bicyclic) bond motifs is 1. The van der Waals surface area contributed by atoms with Gasteiger partial charge in [0.05, 0.1) is 5.39 Å². The summed E-state index contributed by atoms with van der Waals surface area (Å²) >= 11 is 1.60. The smallest absolute Gasteiger partial charge is 0.152 e. The molecule has 0 radical (unpaired) electrons. The normalized spacial score (nSPS) is 10.9. The van der Waals surface area contributed by atoms with E-state index in [2.05, 4.69) is 15.4 Å². The number of benzene rings is 1. The Morgan fingerprint density at radius 2 is 2.00 bits per heavy atom. The molecule has 2 aromatic heterocycles. The molecule has 2 heterocycles. The summed E-state index contributed by atoms with van der Waals surface area (Å²) in [7, 11) is 0. The summed E-state index contributed by atoms with van der Waals surface area (Å²) in [6, 6.07) is 8.35. The van der Waals surface area contributed by atoms with Gasteiger partial charge in [-0.15, -0.1) is 11.3 Å². The van der Waals surface area contributed by atoms with Gasteiger partial charge in [-0.05, 0) is 30.7 Å². The highest BCUT2D eigenvalue weighted by Gasteiger charge is 2.10. The molecule has 6 heteroatoms. The van der Waals surface area contributed by atoms with Crippen molar-refractivity contribution in [3.8, 4) is 0 Å². The molecular weight excluding hydrogens is 275 g/mol. The Morgan fingerprint density at radius 1 is 1.25 bits per heavy atom. The third kappa shape index (κ3) is 2.48. The van der Waals surface area contributed by atoms with E-state index in [1.54, 1.807) is 23.5 Å². The molecule has 0 fully saturated rings. The second-order valence-electron chi connectivity index (χ2n) is 4.51. The lowest BCUT2D eigenvalue weighted by atomic mass is 10.1. The first-order chi connectivity index (χ1) is 9.65. The van der Waals surface area contributed by atoms with Gasteiger partial charge in [0.2, 0.25) is 0 Å². The van der Waals surface area contributed by atoms with Crippen molar-refractivity contribution in [2.24, 2.45) is 5.84 Å². The van der Waals surface area contributed by atoms with Crippen LogP contribution in [0.2, 0.25) is 0 Å². The van der Waals surface area contributed by atoms with Crippen LogP contribution in [0.15, 0.2) is 30.3 Å². The zero-order valence-electron chi connectivity index (χ0n) is 10.9. The van der Waals surface area contributed by atoms with Crippen LogP contribution in [-0.4, -0.2) is 9.97 Å². The Bertz CT molecular complexity index is 752. The van der Waals surface area contributed by atoms with Crippen molar-refractivity contribution in [2.75, 3.05) is 5.43 Å². The molecule has 3 aromatic rings. The number of aromatic nitrogens is 2. The van der Waals surface area contributed by atoms with Gasteiger partial charge in [-0.1, -0.05) is 12.1 Å². The topological polar surface area (TPSA) is 63.8 Å². The van der Waals surface area contributed by atoms with Crippen LogP contribution in [0.5, 0.6) is 0 Å². The maximum atomic E-state index is 12.9. The molecule has 0 saturated carbocycles. The number of thiophene rings is 1. The number of anilines is 1. The Labute approximate surface area is 119 Å². The van der Waals surface area contributed by atoms with Crippen LogP contribution in [0, 0.1) is 12.7 Å². The van der Waals surface area contributed by atoms with E-state index < -0.39 is 0 Å². The Morgan fingerprint density at radius 3 is 2.70 bits per heavy atom. The maximum absolute atomic E-state index is 12.9. The fourth-order valence-corrected chi connectivity index (χ4v) is 2.96. The summed E-state index contributed by atoms with van der Waals surface area (Å²) < 4.78 is 12.9. The Balaban J connectivity index is 2.00. The first-order valence-electron chi connectivity index (χ1n) is 6.14. The number of rotatable bonds is 3. The molecule has 1 aromatic carbocycles. The minimum atomic E-state index is -0.247. The van der Waals surface area contributed by atoms with E-state index in [-0.39, 0.29) is 5.82 Å². The molecule has 0 aliphatic heterocycles.